The summed E-state index contributed by atoms with van der Waals surface area (Å²) in [6, 6.07) is 2.70. The van der Waals surface area contributed by atoms with Gasteiger partial charge < -0.3 is 0 Å². The van der Waals surface area contributed by atoms with E-state index < -0.39 is 14.9 Å². The molecule has 0 atom stereocenters. The molecule has 1 fully saturated rings. The van der Waals surface area contributed by atoms with Crippen molar-refractivity contribution in [3.05, 3.63) is 33.4 Å². The normalized spacial score (nSPS) is 17.9. The van der Waals surface area contributed by atoms with Crippen molar-refractivity contribution in [3.8, 4) is 0 Å². The monoisotopic (exact) mass is 312 g/mol. The van der Waals surface area contributed by atoms with Crippen LogP contribution < -0.4 is 0 Å². The van der Waals surface area contributed by atoms with Crippen LogP contribution in [-0.4, -0.2) is 30.7 Å². The lowest BCUT2D eigenvalue weighted by molar-refractivity contribution is -0.385. The van der Waals surface area contributed by atoms with E-state index in [4.69, 9.17) is 0 Å². The number of hydrogen-bond acceptors (Lipinski definition) is 4. The number of nitro benzene ring substituents is 1. The molecule has 7 heteroatoms. The van der Waals surface area contributed by atoms with Crippen LogP contribution in [0.15, 0.2) is 17.0 Å². The molecule has 6 nitrogen and oxygen atoms in total. The summed E-state index contributed by atoms with van der Waals surface area (Å²) in [4.78, 5) is 10.6. The molecule has 0 unspecified atom stereocenters. The number of piperidine rings is 1. The molecule has 116 valence electrons. The fraction of sp³-hybridized carbons (Fsp3) is 0.571. The van der Waals surface area contributed by atoms with Crippen LogP contribution in [0.3, 0.4) is 0 Å². The fourth-order valence-corrected chi connectivity index (χ4v) is 4.10. The van der Waals surface area contributed by atoms with E-state index in [1.807, 2.05) is 0 Å². The molecule has 1 aromatic rings. The highest BCUT2D eigenvalue weighted by atomic mass is 32.2. The third-order valence-electron chi connectivity index (χ3n) is 4.19. The molecule has 0 aliphatic carbocycles. The first kappa shape index (κ1) is 15.9. The molecule has 1 saturated heterocycles. The molecule has 0 spiro atoms. The Hall–Kier alpha value is -1.47. The molecule has 1 aliphatic rings. The number of rotatable bonds is 3. The fourth-order valence-electron chi connectivity index (χ4n) is 2.52. The Morgan fingerprint density at radius 2 is 1.81 bits per heavy atom. The predicted octanol–water partition coefficient (Wildman–Crippen LogP) is 2.63. The quantitative estimate of drug-likeness (QED) is 0.634. The second-order valence-corrected chi connectivity index (χ2v) is 7.67. The molecule has 2 rings (SSSR count). The zero-order chi connectivity index (χ0) is 15.8. The summed E-state index contributed by atoms with van der Waals surface area (Å²) in [6.07, 6.45) is 1.65. The molecule has 1 aromatic carbocycles. The minimum Gasteiger partial charge on any atom is -0.258 e. The van der Waals surface area contributed by atoms with Crippen LogP contribution in [0.2, 0.25) is 0 Å². The lowest BCUT2D eigenvalue weighted by atomic mass is 10.0. The Labute approximate surface area is 125 Å². The minimum atomic E-state index is -3.65. The molecule has 0 radical (unpaired) electrons. The van der Waals surface area contributed by atoms with Gasteiger partial charge in [0.2, 0.25) is 10.0 Å². The van der Waals surface area contributed by atoms with Crippen molar-refractivity contribution in [3.63, 3.8) is 0 Å². The predicted molar refractivity (Wildman–Crippen MR) is 79.7 cm³/mol. The Balaban J connectivity index is 2.43. The lowest BCUT2D eigenvalue weighted by Crippen LogP contribution is -2.37. The van der Waals surface area contributed by atoms with Crippen LogP contribution in [-0.2, 0) is 10.0 Å². The molecule has 0 amide bonds. The van der Waals surface area contributed by atoms with Gasteiger partial charge in [-0.25, -0.2) is 8.42 Å². The number of benzene rings is 1. The van der Waals surface area contributed by atoms with Gasteiger partial charge in [0.1, 0.15) is 0 Å². The highest BCUT2D eigenvalue weighted by Crippen LogP contribution is 2.29. The van der Waals surface area contributed by atoms with Crippen molar-refractivity contribution >= 4 is 15.7 Å². The maximum Gasteiger partial charge on any atom is 0.273 e. The van der Waals surface area contributed by atoms with Gasteiger partial charge in [-0.1, -0.05) is 6.92 Å². The summed E-state index contributed by atoms with van der Waals surface area (Å²) in [7, 11) is -3.65. The van der Waals surface area contributed by atoms with E-state index in [1.54, 1.807) is 13.8 Å². The van der Waals surface area contributed by atoms with Crippen molar-refractivity contribution in [1.82, 2.24) is 4.31 Å². The first-order chi connectivity index (χ1) is 9.73. The van der Waals surface area contributed by atoms with Gasteiger partial charge in [-0.3, -0.25) is 10.1 Å². The molecular weight excluding hydrogens is 292 g/mol. The van der Waals surface area contributed by atoms with E-state index in [1.165, 1.54) is 16.4 Å². The highest BCUT2D eigenvalue weighted by Gasteiger charge is 2.30. The summed E-state index contributed by atoms with van der Waals surface area (Å²) in [5.74, 6) is 0.519. The standard InChI is InChI=1S/C14H20N2O4S/c1-10-4-6-15(7-5-10)21(19,20)13-8-11(2)12(3)14(9-13)16(17)18/h8-10H,4-7H2,1-3H3. The van der Waals surface area contributed by atoms with E-state index in [0.717, 1.165) is 12.8 Å². The Kier molecular flexibility index (Phi) is 4.34. The number of nitro groups is 1. The van der Waals surface area contributed by atoms with Gasteiger partial charge in [0.25, 0.3) is 5.69 Å². The number of sulfonamides is 1. The maximum atomic E-state index is 12.6. The molecule has 1 aliphatic heterocycles. The van der Waals surface area contributed by atoms with Crippen molar-refractivity contribution in [2.45, 2.75) is 38.5 Å². The second-order valence-electron chi connectivity index (χ2n) is 5.73. The zero-order valence-corrected chi connectivity index (χ0v) is 13.3. The summed E-state index contributed by atoms with van der Waals surface area (Å²) in [5.41, 5.74) is 0.985. The van der Waals surface area contributed by atoms with Crippen LogP contribution in [0, 0.1) is 29.9 Å². The van der Waals surface area contributed by atoms with Gasteiger partial charge in [0, 0.05) is 24.7 Å². The Morgan fingerprint density at radius 1 is 1.24 bits per heavy atom. The first-order valence-electron chi connectivity index (χ1n) is 6.99. The molecule has 0 N–H and O–H groups in total. The van der Waals surface area contributed by atoms with Crippen molar-refractivity contribution in [2.75, 3.05) is 13.1 Å². The summed E-state index contributed by atoms with van der Waals surface area (Å²) in [6.45, 7) is 6.38. The molecule has 21 heavy (non-hydrogen) atoms. The molecule has 0 saturated carbocycles. The van der Waals surface area contributed by atoms with E-state index in [9.17, 15) is 18.5 Å². The van der Waals surface area contributed by atoms with Gasteiger partial charge in [-0.2, -0.15) is 4.31 Å². The van der Waals surface area contributed by atoms with Gasteiger partial charge in [0.15, 0.2) is 0 Å². The van der Waals surface area contributed by atoms with E-state index in [-0.39, 0.29) is 10.6 Å². The van der Waals surface area contributed by atoms with E-state index in [0.29, 0.717) is 30.1 Å². The number of aryl methyl sites for hydroxylation is 1. The average molecular weight is 312 g/mol. The minimum absolute atomic E-state index is 0.0202. The number of nitrogens with zero attached hydrogens (tertiary/aromatic N) is 2. The van der Waals surface area contributed by atoms with Crippen molar-refractivity contribution < 1.29 is 13.3 Å². The molecule has 0 bridgehead atoms. The summed E-state index contributed by atoms with van der Waals surface area (Å²) >= 11 is 0. The second kappa shape index (κ2) is 5.73. The van der Waals surface area contributed by atoms with Crippen LogP contribution in [0.1, 0.15) is 30.9 Å². The van der Waals surface area contributed by atoms with Crippen LogP contribution in [0.4, 0.5) is 5.69 Å². The van der Waals surface area contributed by atoms with E-state index in [2.05, 4.69) is 6.92 Å². The first-order valence-corrected chi connectivity index (χ1v) is 8.43. The molecular formula is C14H20N2O4S. The van der Waals surface area contributed by atoms with Gasteiger partial charge in [-0.15, -0.1) is 0 Å². The topological polar surface area (TPSA) is 80.5 Å². The number of hydrogen-bond donors (Lipinski definition) is 0. The summed E-state index contributed by atoms with van der Waals surface area (Å²) < 4.78 is 26.7. The van der Waals surface area contributed by atoms with E-state index >= 15 is 0 Å². The lowest BCUT2D eigenvalue weighted by Gasteiger charge is -2.29. The van der Waals surface area contributed by atoms with Gasteiger partial charge in [-0.05, 0) is 44.2 Å². The van der Waals surface area contributed by atoms with Crippen molar-refractivity contribution in [1.29, 1.82) is 0 Å². The van der Waals surface area contributed by atoms with Crippen molar-refractivity contribution in [2.24, 2.45) is 5.92 Å². The van der Waals surface area contributed by atoms with Gasteiger partial charge in [0.05, 0.1) is 9.82 Å². The zero-order valence-electron chi connectivity index (χ0n) is 12.5. The highest BCUT2D eigenvalue weighted by molar-refractivity contribution is 7.89. The van der Waals surface area contributed by atoms with Crippen LogP contribution in [0.25, 0.3) is 0 Å². The third kappa shape index (κ3) is 3.08. The largest absolute Gasteiger partial charge is 0.273 e. The molecule has 1 heterocycles. The van der Waals surface area contributed by atoms with Gasteiger partial charge >= 0.3 is 0 Å². The molecule has 0 aromatic heterocycles. The maximum absolute atomic E-state index is 12.6. The summed E-state index contributed by atoms with van der Waals surface area (Å²) in [5, 5.41) is 11.1. The smallest absolute Gasteiger partial charge is 0.258 e. The Bertz CT molecular complexity index is 662. The average Bonchev–Trinajstić information content (AvgIpc) is 2.41. The van der Waals surface area contributed by atoms with Crippen LogP contribution >= 0.6 is 0 Å². The Morgan fingerprint density at radius 3 is 2.33 bits per heavy atom. The third-order valence-corrected chi connectivity index (χ3v) is 6.07. The van der Waals surface area contributed by atoms with Crippen LogP contribution in [0.5, 0.6) is 0 Å². The SMILES string of the molecule is Cc1cc(S(=O)(=O)N2CCC(C)CC2)cc([N+](=O)[O-])c1C.